The van der Waals surface area contributed by atoms with Crippen LogP contribution < -0.4 is 4.90 Å². The van der Waals surface area contributed by atoms with E-state index >= 15 is 0 Å². The molecule has 0 aliphatic carbocycles. The van der Waals surface area contributed by atoms with Gasteiger partial charge in [0.2, 0.25) is 0 Å². The van der Waals surface area contributed by atoms with E-state index in [-0.39, 0.29) is 0 Å². The van der Waals surface area contributed by atoms with Crippen molar-refractivity contribution in [3.8, 4) is 6.07 Å². The van der Waals surface area contributed by atoms with Gasteiger partial charge < -0.3 is 9.64 Å². The largest absolute Gasteiger partial charge is 0.356 e. The van der Waals surface area contributed by atoms with E-state index in [9.17, 15) is 5.26 Å². The lowest BCUT2D eigenvalue weighted by molar-refractivity contribution is -0.899. The number of fused-ring (bicyclic) bond motifs is 1. The highest BCUT2D eigenvalue weighted by Gasteiger charge is 2.39. The Balaban J connectivity index is 2.18. The Bertz CT molecular complexity index is 504. The minimum absolute atomic E-state index is 0.464. The van der Waals surface area contributed by atoms with Crippen LogP contribution in [0, 0.1) is 17.2 Å². The van der Waals surface area contributed by atoms with E-state index in [0.29, 0.717) is 12.5 Å². The van der Waals surface area contributed by atoms with Crippen LogP contribution in [0.1, 0.15) is 38.3 Å². The Labute approximate surface area is 128 Å². The molecule has 0 saturated heterocycles. The SMILES string of the molecule is CC[NH+](CC)C[C@@H](C)C[C@@]1(C#N)OCCc2ccccc21. The van der Waals surface area contributed by atoms with Gasteiger partial charge in [0.1, 0.15) is 6.07 Å². The highest BCUT2D eigenvalue weighted by atomic mass is 16.5. The molecule has 3 heteroatoms. The molecule has 1 aromatic rings. The van der Waals surface area contributed by atoms with Gasteiger partial charge in [-0.2, -0.15) is 5.26 Å². The molecule has 0 saturated carbocycles. The fourth-order valence-electron chi connectivity index (χ4n) is 3.45. The number of nitrogens with one attached hydrogen (secondary N) is 1. The summed E-state index contributed by atoms with van der Waals surface area (Å²) in [7, 11) is 0. The quantitative estimate of drug-likeness (QED) is 0.868. The van der Waals surface area contributed by atoms with E-state index in [1.54, 1.807) is 4.90 Å². The maximum atomic E-state index is 9.80. The number of hydrogen-bond donors (Lipinski definition) is 1. The predicted molar refractivity (Wildman–Crippen MR) is 84.1 cm³/mol. The summed E-state index contributed by atoms with van der Waals surface area (Å²) in [4.78, 5) is 1.58. The lowest BCUT2D eigenvalue weighted by Crippen LogP contribution is -3.12. The van der Waals surface area contributed by atoms with Crippen molar-refractivity contribution >= 4 is 0 Å². The third-order valence-electron chi connectivity index (χ3n) is 4.63. The van der Waals surface area contributed by atoms with Crippen molar-refractivity contribution in [2.24, 2.45) is 5.92 Å². The zero-order valence-corrected chi connectivity index (χ0v) is 13.5. The van der Waals surface area contributed by atoms with Gasteiger partial charge >= 0.3 is 0 Å². The summed E-state index contributed by atoms with van der Waals surface area (Å²) in [6.45, 7) is 10.7. The summed E-state index contributed by atoms with van der Waals surface area (Å²) in [6.07, 6.45) is 1.69. The first kappa shape index (κ1) is 16.0. The molecule has 0 aromatic heterocycles. The zero-order valence-electron chi connectivity index (χ0n) is 13.5. The molecular weight excluding hydrogens is 260 g/mol. The number of rotatable bonds is 6. The standard InChI is InChI=1S/C18H26N2O/c1-4-20(5-2)13-15(3)12-18(14-19)17-9-7-6-8-16(17)10-11-21-18/h6-9,15H,4-5,10-13H2,1-3H3/p+1/t15-,18-/m0/s1. The van der Waals surface area contributed by atoms with Crippen LogP contribution in [-0.4, -0.2) is 26.2 Å². The van der Waals surface area contributed by atoms with Gasteiger partial charge in [0, 0.05) is 17.9 Å². The summed E-state index contributed by atoms with van der Waals surface area (Å²) in [5, 5.41) is 9.80. The van der Waals surface area contributed by atoms with Crippen LogP contribution in [0.25, 0.3) is 0 Å². The van der Waals surface area contributed by atoms with Gasteiger partial charge in [-0.1, -0.05) is 31.2 Å². The van der Waals surface area contributed by atoms with Crippen molar-refractivity contribution in [2.45, 2.75) is 39.2 Å². The Hall–Kier alpha value is -1.37. The lowest BCUT2D eigenvalue weighted by atomic mass is 9.81. The lowest BCUT2D eigenvalue weighted by Gasteiger charge is -2.35. The Morgan fingerprint density at radius 2 is 2.05 bits per heavy atom. The molecule has 0 amide bonds. The van der Waals surface area contributed by atoms with Crippen molar-refractivity contribution < 1.29 is 9.64 Å². The van der Waals surface area contributed by atoms with Crippen LogP contribution in [0.4, 0.5) is 0 Å². The van der Waals surface area contributed by atoms with Gasteiger partial charge in [0.15, 0.2) is 5.60 Å². The molecular formula is C18H27N2O+. The molecule has 1 aliphatic heterocycles. The van der Waals surface area contributed by atoms with Crippen molar-refractivity contribution in [1.29, 1.82) is 5.26 Å². The third kappa shape index (κ3) is 3.45. The second-order valence-corrected chi connectivity index (χ2v) is 6.16. The van der Waals surface area contributed by atoms with Gasteiger partial charge in [0.05, 0.1) is 26.2 Å². The first-order valence-electron chi connectivity index (χ1n) is 8.12. The van der Waals surface area contributed by atoms with Crippen molar-refractivity contribution in [3.05, 3.63) is 35.4 Å². The second kappa shape index (κ2) is 7.06. The number of nitrogens with zero attached hydrogens (tertiary/aromatic N) is 1. The maximum Gasteiger partial charge on any atom is 0.180 e. The van der Waals surface area contributed by atoms with Crippen LogP contribution in [0.15, 0.2) is 24.3 Å². The Morgan fingerprint density at radius 3 is 2.71 bits per heavy atom. The van der Waals surface area contributed by atoms with E-state index in [0.717, 1.165) is 38.0 Å². The van der Waals surface area contributed by atoms with Crippen molar-refractivity contribution in [1.82, 2.24) is 0 Å². The van der Waals surface area contributed by atoms with E-state index in [2.05, 4.69) is 45.0 Å². The normalized spacial score (nSPS) is 22.6. The number of benzene rings is 1. The van der Waals surface area contributed by atoms with Crippen molar-refractivity contribution in [3.63, 3.8) is 0 Å². The second-order valence-electron chi connectivity index (χ2n) is 6.16. The molecule has 1 heterocycles. The predicted octanol–water partition coefficient (Wildman–Crippen LogP) is 1.93. The van der Waals surface area contributed by atoms with Crippen LogP contribution >= 0.6 is 0 Å². The first-order valence-corrected chi connectivity index (χ1v) is 8.12. The molecule has 21 heavy (non-hydrogen) atoms. The Kier molecular flexibility index (Phi) is 5.39. The van der Waals surface area contributed by atoms with Crippen molar-refractivity contribution in [2.75, 3.05) is 26.2 Å². The van der Waals surface area contributed by atoms with Crippen LogP contribution in [0.3, 0.4) is 0 Å². The smallest absolute Gasteiger partial charge is 0.180 e. The molecule has 1 aromatic carbocycles. The molecule has 1 aliphatic rings. The van der Waals surface area contributed by atoms with Gasteiger partial charge in [-0.3, -0.25) is 0 Å². The highest BCUT2D eigenvalue weighted by Crippen LogP contribution is 2.37. The molecule has 0 fully saturated rings. The molecule has 114 valence electrons. The minimum Gasteiger partial charge on any atom is -0.356 e. The maximum absolute atomic E-state index is 9.80. The number of ether oxygens (including phenoxy) is 1. The molecule has 0 radical (unpaired) electrons. The average Bonchev–Trinajstić information content (AvgIpc) is 2.52. The van der Waals surface area contributed by atoms with Crippen LogP contribution in [-0.2, 0) is 16.8 Å². The van der Waals surface area contributed by atoms with E-state index < -0.39 is 5.60 Å². The minimum atomic E-state index is -0.749. The highest BCUT2D eigenvalue weighted by molar-refractivity contribution is 5.38. The van der Waals surface area contributed by atoms with Gasteiger partial charge in [-0.05, 0) is 25.8 Å². The average molecular weight is 287 g/mol. The molecule has 2 rings (SSSR count). The molecule has 0 bridgehead atoms. The molecule has 3 nitrogen and oxygen atoms in total. The molecule has 1 N–H and O–H groups in total. The number of hydrogen-bond acceptors (Lipinski definition) is 2. The van der Waals surface area contributed by atoms with E-state index in [4.69, 9.17) is 4.74 Å². The fraction of sp³-hybridized carbons (Fsp3) is 0.611. The van der Waals surface area contributed by atoms with Crippen LogP contribution in [0.5, 0.6) is 0 Å². The van der Waals surface area contributed by atoms with E-state index in [1.165, 1.54) is 5.56 Å². The number of nitriles is 1. The summed E-state index contributed by atoms with van der Waals surface area (Å²) in [6, 6.07) is 10.7. The monoisotopic (exact) mass is 287 g/mol. The summed E-state index contributed by atoms with van der Waals surface area (Å²) >= 11 is 0. The summed E-state index contributed by atoms with van der Waals surface area (Å²) in [5.41, 5.74) is 1.61. The van der Waals surface area contributed by atoms with Gasteiger partial charge in [-0.15, -0.1) is 0 Å². The first-order chi connectivity index (χ1) is 10.1. The van der Waals surface area contributed by atoms with Gasteiger partial charge in [0.25, 0.3) is 0 Å². The number of quaternary nitrogens is 1. The summed E-state index contributed by atoms with van der Waals surface area (Å²) in [5.74, 6) is 0.464. The summed E-state index contributed by atoms with van der Waals surface area (Å²) < 4.78 is 5.99. The van der Waals surface area contributed by atoms with Gasteiger partial charge in [-0.25, -0.2) is 0 Å². The van der Waals surface area contributed by atoms with Crippen LogP contribution in [0.2, 0.25) is 0 Å². The molecule has 2 atom stereocenters. The molecule has 0 unspecified atom stereocenters. The zero-order chi connectivity index (χ0) is 15.3. The topological polar surface area (TPSA) is 37.5 Å². The Morgan fingerprint density at radius 1 is 1.33 bits per heavy atom. The third-order valence-corrected chi connectivity index (χ3v) is 4.63. The fourth-order valence-corrected chi connectivity index (χ4v) is 3.45. The van der Waals surface area contributed by atoms with E-state index in [1.807, 2.05) is 6.07 Å². The molecule has 0 spiro atoms.